The molecule has 2 atom stereocenters. The zero-order valence-corrected chi connectivity index (χ0v) is 12.2. The van der Waals surface area contributed by atoms with E-state index in [9.17, 15) is 8.42 Å². The van der Waals surface area contributed by atoms with Gasteiger partial charge in [-0.3, -0.25) is 0 Å². The van der Waals surface area contributed by atoms with Gasteiger partial charge >= 0.3 is 0 Å². The Morgan fingerprint density at radius 1 is 1.35 bits per heavy atom. The molecule has 108 valence electrons. The third kappa shape index (κ3) is 2.29. The first-order chi connectivity index (χ1) is 9.47. The Morgan fingerprint density at radius 3 is 2.85 bits per heavy atom. The maximum atomic E-state index is 12.5. The minimum atomic E-state index is -3.51. The van der Waals surface area contributed by atoms with Gasteiger partial charge in [-0.1, -0.05) is 13.3 Å². The Balaban J connectivity index is 1.98. The van der Waals surface area contributed by atoms with Crippen LogP contribution in [0.1, 0.15) is 26.2 Å². The summed E-state index contributed by atoms with van der Waals surface area (Å²) in [5, 5.41) is 0.642. The Labute approximate surface area is 118 Å². The molecule has 4 N–H and O–H groups in total. The van der Waals surface area contributed by atoms with Gasteiger partial charge < -0.3 is 10.7 Å². The van der Waals surface area contributed by atoms with Crippen LogP contribution < -0.4 is 10.5 Å². The first-order valence-electron chi connectivity index (χ1n) is 6.86. The van der Waals surface area contributed by atoms with E-state index in [1.807, 2.05) is 0 Å². The van der Waals surface area contributed by atoms with Crippen molar-refractivity contribution in [2.75, 3.05) is 5.73 Å². The molecule has 0 amide bonds. The summed E-state index contributed by atoms with van der Waals surface area (Å²) in [6.07, 6.45) is 4.60. The first kappa shape index (κ1) is 13.5. The molecular weight excluding hydrogens is 274 g/mol. The third-order valence-corrected chi connectivity index (χ3v) is 5.66. The van der Waals surface area contributed by atoms with E-state index in [2.05, 4.69) is 16.6 Å². The van der Waals surface area contributed by atoms with Gasteiger partial charge in [-0.25, -0.2) is 13.1 Å². The molecule has 5 nitrogen and oxygen atoms in total. The standard InChI is InChI=1S/C14H19N3O2S/c1-9-3-2-4-12(9)17-20(18,19)14-8-16-13-6-5-10(15)7-11(13)14/h5-9,12,16-17H,2-4,15H2,1H3. The number of benzene rings is 1. The van der Waals surface area contributed by atoms with Crippen LogP contribution in [0, 0.1) is 5.92 Å². The van der Waals surface area contributed by atoms with Crippen LogP contribution in [-0.2, 0) is 10.0 Å². The van der Waals surface area contributed by atoms with Crippen LogP contribution >= 0.6 is 0 Å². The molecule has 20 heavy (non-hydrogen) atoms. The fourth-order valence-corrected chi connectivity index (χ4v) is 4.47. The number of fused-ring (bicyclic) bond motifs is 1. The molecule has 6 heteroatoms. The molecule has 1 aliphatic carbocycles. The van der Waals surface area contributed by atoms with E-state index in [0.29, 0.717) is 17.0 Å². The van der Waals surface area contributed by atoms with E-state index in [1.165, 1.54) is 6.20 Å². The minimum Gasteiger partial charge on any atom is -0.399 e. The van der Waals surface area contributed by atoms with E-state index >= 15 is 0 Å². The summed E-state index contributed by atoms with van der Waals surface area (Å²) < 4.78 is 27.9. The van der Waals surface area contributed by atoms with Crippen molar-refractivity contribution >= 4 is 26.6 Å². The summed E-state index contributed by atoms with van der Waals surface area (Å²) >= 11 is 0. The van der Waals surface area contributed by atoms with Gasteiger partial charge in [0.1, 0.15) is 4.90 Å². The highest BCUT2D eigenvalue weighted by Crippen LogP contribution is 2.29. The molecular formula is C14H19N3O2S. The van der Waals surface area contributed by atoms with Gasteiger partial charge in [0.25, 0.3) is 0 Å². The van der Waals surface area contributed by atoms with Gasteiger partial charge in [0, 0.05) is 28.8 Å². The van der Waals surface area contributed by atoms with Gasteiger partial charge in [0.05, 0.1) is 0 Å². The van der Waals surface area contributed by atoms with Gasteiger partial charge in [0.2, 0.25) is 10.0 Å². The Hall–Kier alpha value is -1.53. The van der Waals surface area contributed by atoms with Crippen LogP contribution in [0.4, 0.5) is 5.69 Å². The van der Waals surface area contributed by atoms with Crippen LogP contribution in [0.15, 0.2) is 29.3 Å². The molecule has 0 radical (unpaired) electrons. The van der Waals surface area contributed by atoms with E-state index < -0.39 is 10.0 Å². The molecule has 3 rings (SSSR count). The lowest BCUT2D eigenvalue weighted by molar-refractivity contribution is 0.477. The predicted octanol–water partition coefficient (Wildman–Crippen LogP) is 2.22. The quantitative estimate of drug-likeness (QED) is 0.758. The first-order valence-corrected chi connectivity index (χ1v) is 8.34. The summed E-state index contributed by atoms with van der Waals surface area (Å²) in [4.78, 5) is 3.26. The number of anilines is 1. The number of H-pyrrole nitrogens is 1. The molecule has 1 aliphatic rings. The second-order valence-corrected chi connectivity index (χ2v) is 7.28. The third-order valence-electron chi connectivity index (χ3n) is 4.13. The number of hydrogen-bond acceptors (Lipinski definition) is 3. The van der Waals surface area contributed by atoms with Crippen molar-refractivity contribution in [3.05, 3.63) is 24.4 Å². The van der Waals surface area contributed by atoms with Crippen LogP contribution in [0.2, 0.25) is 0 Å². The zero-order chi connectivity index (χ0) is 14.3. The summed E-state index contributed by atoms with van der Waals surface area (Å²) in [5.41, 5.74) is 7.09. The monoisotopic (exact) mass is 293 g/mol. The second-order valence-electron chi connectivity index (χ2n) is 5.59. The van der Waals surface area contributed by atoms with E-state index in [1.54, 1.807) is 18.2 Å². The van der Waals surface area contributed by atoms with E-state index in [-0.39, 0.29) is 10.9 Å². The van der Waals surface area contributed by atoms with E-state index in [0.717, 1.165) is 24.8 Å². The van der Waals surface area contributed by atoms with Crippen molar-refractivity contribution in [2.24, 2.45) is 5.92 Å². The Morgan fingerprint density at radius 2 is 2.15 bits per heavy atom. The average molecular weight is 293 g/mol. The number of nitrogen functional groups attached to an aromatic ring is 1. The Kier molecular flexibility index (Phi) is 3.22. The molecule has 1 saturated carbocycles. The zero-order valence-electron chi connectivity index (χ0n) is 11.4. The number of sulfonamides is 1. The largest absolute Gasteiger partial charge is 0.399 e. The molecule has 1 aromatic carbocycles. The smallest absolute Gasteiger partial charge is 0.242 e. The number of nitrogens with one attached hydrogen (secondary N) is 2. The topological polar surface area (TPSA) is 88.0 Å². The van der Waals surface area contributed by atoms with Gasteiger partial charge in [0.15, 0.2) is 0 Å². The highest BCUT2D eigenvalue weighted by molar-refractivity contribution is 7.89. The van der Waals surface area contributed by atoms with Crippen molar-refractivity contribution in [1.82, 2.24) is 9.71 Å². The summed E-state index contributed by atoms with van der Waals surface area (Å²) in [7, 11) is -3.51. The lowest BCUT2D eigenvalue weighted by Gasteiger charge is -2.17. The second kappa shape index (κ2) is 4.79. The molecule has 0 aliphatic heterocycles. The molecule has 0 saturated heterocycles. The van der Waals surface area contributed by atoms with Crippen LogP contribution in [0.25, 0.3) is 10.9 Å². The van der Waals surface area contributed by atoms with Crippen LogP contribution in [-0.4, -0.2) is 19.4 Å². The molecule has 1 heterocycles. The fraction of sp³-hybridized carbons (Fsp3) is 0.429. The molecule has 2 aromatic rings. The maximum Gasteiger partial charge on any atom is 0.242 e. The van der Waals surface area contributed by atoms with Crippen LogP contribution in [0.3, 0.4) is 0 Å². The van der Waals surface area contributed by atoms with E-state index in [4.69, 9.17) is 5.73 Å². The maximum absolute atomic E-state index is 12.5. The summed E-state index contributed by atoms with van der Waals surface area (Å²) in [6, 6.07) is 5.27. The number of hydrogen-bond donors (Lipinski definition) is 3. The number of nitrogens with two attached hydrogens (primary N) is 1. The summed E-state index contributed by atoms with van der Waals surface area (Å²) in [6.45, 7) is 2.09. The lowest BCUT2D eigenvalue weighted by Crippen LogP contribution is -2.36. The average Bonchev–Trinajstić information content (AvgIpc) is 2.96. The molecule has 1 aromatic heterocycles. The Bertz CT molecular complexity index is 736. The minimum absolute atomic E-state index is 0.0333. The number of rotatable bonds is 3. The van der Waals surface area contributed by atoms with Crippen molar-refractivity contribution < 1.29 is 8.42 Å². The van der Waals surface area contributed by atoms with Gasteiger partial charge in [-0.15, -0.1) is 0 Å². The molecule has 2 unspecified atom stereocenters. The molecule has 1 fully saturated rings. The predicted molar refractivity (Wildman–Crippen MR) is 79.8 cm³/mol. The highest BCUT2D eigenvalue weighted by atomic mass is 32.2. The SMILES string of the molecule is CC1CCCC1NS(=O)(=O)c1c[nH]c2ccc(N)cc12. The fourth-order valence-electron chi connectivity index (χ4n) is 2.92. The molecule has 0 spiro atoms. The number of aromatic amines is 1. The van der Waals surface area contributed by atoms with Crippen molar-refractivity contribution in [1.29, 1.82) is 0 Å². The summed E-state index contributed by atoms with van der Waals surface area (Å²) in [5.74, 6) is 0.389. The van der Waals surface area contributed by atoms with Gasteiger partial charge in [-0.2, -0.15) is 0 Å². The lowest BCUT2D eigenvalue weighted by atomic mass is 10.1. The van der Waals surface area contributed by atoms with Crippen molar-refractivity contribution in [3.8, 4) is 0 Å². The van der Waals surface area contributed by atoms with Crippen molar-refractivity contribution in [2.45, 2.75) is 37.1 Å². The highest BCUT2D eigenvalue weighted by Gasteiger charge is 2.29. The molecule has 0 bridgehead atoms. The van der Waals surface area contributed by atoms with Crippen LogP contribution in [0.5, 0.6) is 0 Å². The van der Waals surface area contributed by atoms with Gasteiger partial charge in [-0.05, 0) is 37.0 Å². The number of aromatic nitrogens is 1. The normalized spacial score (nSPS) is 23.4. The van der Waals surface area contributed by atoms with Crippen molar-refractivity contribution in [3.63, 3.8) is 0 Å².